The summed E-state index contributed by atoms with van der Waals surface area (Å²) in [5.41, 5.74) is 1.88. The minimum absolute atomic E-state index is 0.0268. The molecule has 2 N–H and O–H groups in total. The van der Waals surface area contributed by atoms with Crippen molar-refractivity contribution in [1.82, 2.24) is 10.3 Å². The average Bonchev–Trinajstić information content (AvgIpc) is 2.87. The molecular weight excluding hydrogens is 242 g/mol. The number of carbonyl (C=O) groups is 1. The van der Waals surface area contributed by atoms with E-state index in [9.17, 15) is 4.79 Å². The van der Waals surface area contributed by atoms with Gasteiger partial charge in [0.25, 0.3) is 0 Å². The number of rotatable bonds is 3. The van der Waals surface area contributed by atoms with Gasteiger partial charge >= 0.3 is 6.03 Å². The van der Waals surface area contributed by atoms with Crippen LogP contribution in [0.4, 0.5) is 4.79 Å². The molecule has 1 aliphatic heterocycles. The first-order valence-electron chi connectivity index (χ1n) is 6.43. The van der Waals surface area contributed by atoms with Crippen molar-refractivity contribution in [2.24, 2.45) is 5.10 Å². The summed E-state index contributed by atoms with van der Waals surface area (Å²) in [5, 5.41) is 17.5. The predicted molar refractivity (Wildman–Crippen MR) is 73.7 cm³/mol. The maximum Gasteiger partial charge on any atom is 0.338 e. The summed E-state index contributed by atoms with van der Waals surface area (Å²) in [6, 6.07) is 7.44. The van der Waals surface area contributed by atoms with Crippen LogP contribution in [0, 0.1) is 0 Å². The molecule has 1 aliphatic rings. The summed E-state index contributed by atoms with van der Waals surface area (Å²) in [6.07, 6.45) is 2.47. The quantitative estimate of drug-likeness (QED) is 0.874. The molecule has 0 aliphatic carbocycles. The molecule has 2 amide bonds. The molecule has 1 aromatic carbocycles. The van der Waals surface area contributed by atoms with Gasteiger partial charge in [-0.2, -0.15) is 5.10 Å². The Kier molecular flexibility index (Phi) is 4.16. The molecule has 1 aromatic rings. The first-order chi connectivity index (χ1) is 9.11. The van der Waals surface area contributed by atoms with Gasteiger partial charge in [-0.25, -0.2) is 9.80 Å². The predicted octanol–water partition coefficient (Wildman–Crippen LogP) is 2.03. The molecule has 5 nitrogen and oxygen atoms in total. The first kappa shape index (κ1) is 13.5. The number of aliphatic hydroxyl groups excluding tert-OH is 1. The smallest absolute Gasteiger partial charge is 0.338 e. The Morgan fingerprint density at radius 1 is 1.47 bits per heavy atom. The van der Waals surface area contributed by atoms with Gasteiger partial charge in [-0.05, 0) is 25.0 Å². The summed E-state index contributed by atoms with van der Waals surface area (Å²) < 4.78 is 0. The van der Waals surface area contributed by atoms with Crippen molar-refractivity contribution in [3.8, 4) is 0 Å². The lowest BCUT2D eigenvalue weighted by Gasteiger charge is -2.23. The zero-order chi connectivity index (χ0) is 13.8. The van der Waals surface area contributed by atoms with E-state index in [-0.39, 0.29) is 24.7 Å². The van der Waals surface area contributed by atoms with E-state index >= 15 is 0 Å². The molecule has 2 rings (SSSR count). The van der Waals surface area contributed by atoms with E-state index < -0.39 is 0 Å². The zero-order valence-corrected chi connectivity index (χ0v) is 11.2. The van der Waals surface area contributed by atoms with Crippen LogP contribution in [0.15, 0.2) is 29.4 Å². The fourth-order valence-electron chi connectivity index (χ4n) is 2.04. The standard InChI is InChI=1S/C14H19N3O2/c1-10(2)16-14(19)17-13(7-8-15-17)12-5-3-11(9-18)4-6-12/h3-6,8,10,13,18H,7,9H2,1-2H3,(H,16,19). The van der Waals surface area contributed by atoms with Crippen molar-refractivity contribution in [3.63, 3.8) is 0 Å². The lowest BCUT2D eigenvalue weighted by atomic mass is 10.0. The third-order valence-electron chi connectivity index (χ3n) is 3.00. The molecule has 1 unspecified atom stereocenters. The highest BCUT2D eigenvalue weighted by atomic mass is 16.3. The lowest BCUT2D eigenvalue weighted by molar-refractivity contribution is 0.183. The van der Waals surface area contributed by atoms with Crippen LogP contribution in [0.2, 0.25) is 0 Å². The second kappa shape index (κ2) is 5.84. The summed E-state index contributed by atoms with van der Waals surface area (Å²) in [6.45, 7) is 3.87. The van der Waals surface area contributed by atoms with Crippen LogP contribution >= 0.6 is 0 Å². The van der Waals surface area contributed by atoms with E-state index in [0.717, 1.165) is 11.1 Å². The Morgan fingerprint density at radius 2 is 2.16 bits per heavy atom. The van der Waals surface area contributed by atoms with Crippen molar-refractivity contribution in [1.29, 1.82) is 0 Å². The van der Waals surface area contributed by atoms with Gasteiger partial charge in [0.05, 0.1) is 12.6 Å². The number of amides is 2. The number of hydrogen-bond acceptors (Lipinski definition) is 3. The maximum absolute atomic E-state index is 12.0. The number of benzene rings is 1. The van der Waals surface area contributed by atoms with E-state index in [4.69, 9.17) is 5.11 Å². The van der Waals surface area contributed by atoms with E-state index in [2.05, 4.69) is 10.4 Å². The van der Waals surface area contributed by atoms with Crippen LogP contribution in [-0.4, -0.2) is 28.4 Å². The van der Waals surface area contributed by atoms with Crippen molar-refractivity contribution in [2.45, 2.75) is 39.0 Å². The van der Waals surface area contributed by atoms with Crippen LogP contribution in [0.1, 0.15) is 37.4 Å². The summed E-state index contributed by atoms with van der Waals surface area (Å²) in [5.74, 6) is 0. The van der Waals surface area contributed by atoms with Gasteiger partial charge in [0, 0.05) is 18.7 Å². The molecular formula is C14H19N3O2. The third-order valence-corrected chi connectivity index (χ3v) is 3.00. The van der Waals surface area contributed by atoms with Crippen molar-refractivity contribution >= 4 is 12.2 Å². The van der Waals surface area contributed by atoms with Crippen LogP contribution in [0.25, 0.3) is 0 Å². The molecule has 0 aromatic heterocycles. The summed E-state index contributed by atoms with van der Waals surface area (Å²) in [7, 11) is 0. The molecule has 0 saturated carbocycles. The van der Waals surface area contributed by atoms with E-state index in [1.165, 1.54) is 5.01 Å². The van der Waals surface area contributed by atoms with Crippen LogP contribution in [0.5, 0.6) is 0 Å². The number of hydrazone groups is 1. The molecule has 0 spiro atoms. The van der Waals surface area contributed by atoms with E-state index in [1.54, 1.807) is 6.21 Å². The number of urea groups is 1. The van der Waals surface area contributed by atoms with Gasteiger partial charge in [0.15, 0.2) is 0 Å². The zero-order valence-electron chi connectivity index (χ0n) is 11.2. The van der Waals surface area contributed by atoms with E-state index in [1.807, 2.05) is 38.1 Å². The second-order valence-corrected chi connectivity index (χ2v) is 4.90. The molecule has 19 heavy (non-hydrogen) atoms. The molecule has 0 saturated heterocycles. The van der Waals surface area contributed by atoms with E-state index in [0.29, 0.717) is 6.42 Å². The van der Waals surface area contributed by atoms with Gasteiger partial charge in [0.2, 0.25) is 0 Å². The number of nitrogens with zero attached hydrogens (tertiary/aromatic N) is 2. The Labute approximate surface area is 112 Å². The molecule has 102 valence electrons. The Balaban J connectivity index is 2.12. The molecule has 0 fully saturated rings. The fraction of sp³-hybridized carbons (Fsp3) is 0.429. The molecule has 1 atom stereocenters. The molecule has 5 heteroatoms. The van der Waals surface area contributed by atoms with Gasteiger partial charge in [-0.3, -0.25) is 0 Å². The van der Waals surface area contributed by atoms with Crippen molar-refractivity contribution in [3.05, 3.63) is 35.4 Å². The largest absolute Gasteiger partial charge is 0.392 e. The van der Waals surface area contributed by atoms with Crippen LogP contribution in [0.3, 0.4) is 0 Å². The number of hydrogen-bond donors (Lipinski definition) is 2. The summed E-state index contributed by atoms with van der Waals surface area (Å²) >= 11 is 0. The molecule has 1 heterocycles. The van der Waals surface area contributed by atoms with Crippen molar-refractivity contribution < 1.29 is 9.90 Å². The SMILES string of the molecule is CC(C)NC(=O)N1N=CCC1c1ccc(CO)cc1. The fourth-order valence-corrected chi connectivity index (χ4v) is 2.04. The van der Waals surface area contributed by atoms with Gasteiger partial charge in [0.1, 0.15) is 0 Å². The van der Waals surface area contributed by atoms with Crippen LogP contribution < -0.4 is 5.32 Å². The highest BCUT2D eigenvalue weighted by molar-refractivity contribution is 5.78. The first-order valence-corrected chi connectivity index (χ1v) is 6.43. The molecule has 0 bridgehead atoms. The van der Waals surface area contributed by atoms with Crippen LogP contribution in [-0.2, 0) is 6.61 Å². The topological polar surface area (TPSA) is 64.9 Å². The Bertz CT molecular complexity index is 468. The number of carbonyl (C=O) groups excluding carboxylic acids is 1. The number of aliphatic hydroxyl groups is 1. The monoisotopic (exact) mass is 261 g/mol. The Morgan fingerprint density at radius 3 is 2.74 bits per heavy atom. The maximum atomic E-state index is 12.0. The van der Waals surface area contributed by atoms with Gasteiger partial charge < -0.3 is 10.4 Å². The highest BCUT2D eigenvalue weighted by Crippen LogP contribution is 2.28. The summed E-state index contributed by atoms with van der Waals surface area (Å²) in [4.78, 5) is 12.0. The van der Waals surface area contributed by atoms with Crippen molar-refractivity contribution in [2.75, 3.05) is 0 Å². The lowest BCUT2D eigenvalue weighted by Crippen LogP contribution is -2.40. The third kappa shape index (κ3) is 3.12. The second-order valence-electron chi connectivity index (χ2n) is 4.90. The number of nitrogens with one attached hydrogen (secondary N) is 1. The minimum atomic E-state index is -0.181. The van der Waals surface area contributed by atoms with Gasteiger partial charge in [-0.1, -0.05) is 24.3 Å². The average molecular weight is 261 g/mol. The van der Waals surface area contributed by atoms with Gasteiger partial charge in [-0.15, -0.1) is 0 Å². The highest BCUT2D eigenvalue weighted by Gasteiger charge is 2.28. The molecule has 0 radical (unpaired) electrons. The minimum Gasteiger partial charge on any atom is -0.392 e. The normalized spacial score (nSPS) is 18.1. The Hall–Kier alpha value is -1.88.